The van der Waals surface area contributed by atoms with Crippen molar-refractivity contribution >= 4 is 0 Å². The normalized spacial score (nSPS) is 18.2. The first-order chi connectivity index (χ1) is 18.6. The molecule has 0 N–H and O–H groups in total. The summed E-state index contributed by atoms with van der Waals surface area (Å²) < 4.78 is 13.0. The van der Waals surface area contributed by atoms with Gasteiger partial charge in [-0.1, -0.05) is 103 Å². The SMILES string of the molecule is Cc1c(C#N)c2c(c(C)c1OCc1ccccc1)CCC(C)(CCCC(C)CCCC(C)CCCC(C)C)O2. The molecule has 2 aromatic rings. The van der Waals surface area contributed by atoms with E-state index in [1.165, 1.54) is 51.4 Å². The van der Waals surface area contributed by atoms with Crippen LogP contribution in [-0.2, 0) is 13.0 Å². The Labute approximate surface area is 239 Å². The standard InChI is InChI=1S/C36H53NO2/c1-26(2)14-11-15-27(3)16-12-17-28(4)18-13-22-36(7)23-21-32-29(5)34(30(6)33(24-37)35(32)39-36)38-25-31-19-9-8-10-20-31/h8-10,19-20,26-28H,11-18,21-23,25H2,1-7H3. The molecule has 39 heavy (non-hydrogen) atoms. The van der Waals surface area contributed by atoms with Gasteiger partial charge in [-0.2, -0.15) is 5.26 Å². The number of rotatable bonds is 15. The second-order valence-corrected chi connectivity index (χ2v) is 13.1. The quantitative estimate of drug-likeness (QED) is 0.229. The number of hydrogen-bond donors (Lipinski definition) is 0. The van der Waals surface area contributed by atoms with Crippen molar-refractivity contribution in [2.45, 2.75) is 131 Å². The van der Waals surface area contributed by atoms with Gasteiger partial charge in [-0.25, -0.2) is 0 Å². The Morgan fingerprint density at radius 1 is 0.897 bits per heavy atom. The molecule has 3 rings (SSSR count). The first-order valence-electron chi connectivity index (χ1n) is 15.6. The van der Waals surface area contributed by atoms with Crippen LogP contribution in [0.2, 0.25) is 0 Å². The third-order valence-electron chi connectivity index (χ3n) is 8.87. The van der Waals surface area contributed by atoms with E-state index in [-0.39, 0.29) is 5.60 Å². The Hall–Kier alpha value is -2.47. The molecule has 2 aromatic carbocycles. The molecule has 0 saturated heterocycles. The van der Waals surface area contributed by atoms with Crippen LogP contribution in [0.3, 0.4) is 0 Å². The monoisotopic (exact) mass is 531 g/mol. The Morgan fingerprint density at radius 3 is 2.13 bits per heavy atom. The van der Waals surface area contributed by atoms with Crippen LogP contribution in [-0.4, -0.2) is 5.60 Å². The highest BCUT2D eigenvalue weighted by Crippen LogP contribution is 2.45. The van der Waals surface area contributed by atoms with Crippen LogP contribution in [0.15, 0.2) is 30.3 Å². The molecule has 3 heteroatoms. The Bertz CT molecular complexity index is 1080. The van der Waals surface area contributed by atoms with Crippen LogP contribution in [0, 0.1) is 42.9 Å². The van der Waals surface area contributed by atoms with E-state index in [0.29, 0.717) is 12.2 Å². The fourth-order valence-electron chi connectivity index (χ4n) is 6.18. The molecule has 3 unspecified atom stereocenters. The lowest BCUT2D eigenvalue weighted by atomic mass is 9.83. The van der Waals surface area contributed by atoms with Crippen LogP contribution in [0.1, 0.15) is 127 Å². The van der Waals surface area contributed by atoms with Crippen molar-refractivity contribution in [1.82, 2.24) is 0 Å². The molecule has 3 nitrogen and oxygen atoms in total. The highest BCUT2D eigenvalue weighted by molar-refractivity contribution is 5.63. The van der Waals surface area contributed by atoms with Crippen LogP contribution in [0.5, 0.6) is 11.5 Å². The molecule has 214 valence electrons. The number of nitriles is 1. The Balaban J connectivity index is 1.52. The van der Waals surface area contributed by atoms with E-state index in [9.17, 15) is 5.26 Å². The van der Waals surface area contributed by atoms with Crippen molar-refractivity contribution in [2.75, 3.05) is 0 Å². The highest BCUT2D eigenvalue weighted by atomic mass is 16.5. The van der Waals surface area contributed by atoms with Gasteiger partial charge in [0.25, 0.3) is 0 Å². The maximum absolute atomic E-state index is 10.1. The van der Waals surface area contributed by atoms with E-state index in [2.05, 4.69) is 59.7 Å². The van der Waals surface area contributed by atoms with Crippen molar-refractivity contribution in [3.8, 4) is 17.6 Å². The molecule has 0 aromatic heterocycles. The van der Waals surface area contributed by atoms with Gasteiger partial charge >= 0.3 is 0 Å². The minimum Gasteiger partial charge on any atom is -0.488 e. The summed E-state index contributed by atoms with van der Waals surface area (Å²) in [4.78, 5) is 0. The lowest BCUT2D eigenvalue weighted by Gasteiger charge is -2.38. The van der Waals surface area contributed by atoms with Crippen molar-refractivity contribution in [3.63, 3.8) is 0 Å². The van der Waals surface area contributed by atoms with Crippen LogP contribution in [0.25, 0.3) is 0 Å². The largest absolute Gasteiger partial charge is 0.488 e. The molecule has 1 heterocycles. The summed E-state index contributed by atoms with van der Waals surface area (Å²) in [6.45, 7) is 16.4. The minimum absolute atomic E-state index is 0.214. The molecule has 3 atom stereocenters. The van der Waals surface area contributed by atoms with E-state index in [1.54, 1.807) is 0 Å². The van der Waals surface area contributed by atoms with E-state index in [4.69, 9.17) is 9.47 Å². The van der Waals surface area contributed by atoms with Crippen LogP contribution >= 0.6 is 0 Å². The second-order valence-electron chi connectivity index (χ2n) is 13.1. The molecule has 1 aliphatic heterocycles. The number of nitrogens with zero attached hydrogens (tertiary/aromatic N) is 1. The Kier molecular flexibility index (Phi) is 11.8. The summed E-state index contributed by atoms with van der Waals surface area (Å²) in [6.07, 6.45) is 13.6. The average molecular weight is 532 g/mol. The van der Waals surface area contributed by atoms with E-state index < -0.39 is 0 Å². The van der Waals surface area contributed by atoms with Crippen LogP contribution in [0.4, 0.5) is 0 Å². The predicted molar refractivity (Wildman–Crippen MR) is 163 cm³/mol. The van der Waals surface area contributed by atoms with Gasteiger partial charge in [0.15, 0.2) is 0 Å². The summed E-state index contributed by atoms with van der Waals surface area (Å²) in [7, 11) is 0. The van der Waals surface area contributed by atoms with Gasteiger partial charge < -0.3 is 9.47 Å². The smallest absolute Gasteiger partial charge is 0.141 e. The first-order valence-corrected chi connectivity index (χ1v) is 15.6. The Morgan fingerprint density at radius 2 is 1.51 bits per heavy atom. The van der Waals surface area contributed by atoms with Gasteiger partial charge in [-0.05, 0) is 75.3 Å². The van der Waals surface area contributed by atoms with E-state index in [1.807, 2.05) is 25.1 Å². The van der Waals surface area contributed by atoms with Crippen molar-refractivity contribution in [2.24, 2.45) is 17.8 Å². The summed E-state index contributed by atoms with van der Waals surface area (Å²) in [5.74, 6) is 4.08. The number of hydrogen-bond acceptors (Lipinski definition) is 3. The molecule has 0 amide bonds. The summed E-state index contributed by atoms with van der Waals surface area (Å²) in [5, 5.41) is 10.1. The van der Waals surface area contributed by atoms with Gasteiger partial charge in [-0.15, -0.1) is 0 Å². The van der Waals surface area contributed by atoms with Crippen molar-refractivity contribution in [3.05, 3.63) is 58.1 Å². The lowest BCUT2D eigenvalue weighted by Crippen LogP contribution is -2.37. The molecule has 0 fully saturated rings. The maximum atomic E-state index is 10.1. The average Bonchev–Trinajstić information content (AvgIpc) is 2.89. The van der Waals surface area contributed by atoms with Gasteiger partial charge in [0.2, 0.25) is 0 Å². The molecule has 0 saturated carbocycles. The number of fused-ring (bicyclic) bond motifs is 1. The van der Waals surface area contributed by atoms with Gasteiger partial charge in [-0.3, -0.25) is 0 Å². The third kappa shape index (κ3) is 9.02. The van der Waals surface area contributed by atoms with Crippen molar-refractivity contribution in [1.29, 1.82) is 5.26 Å². The predicted octanol–water partition coefficient (Wildman–Crippen LogP) is 10.3. The lowest BCUT2D eigenvalue weighted by molar-refractivity contribution is 0.0516. The summed E-state index contributed by atoms with van der Waals surface area (Å²) >= 11 is 0. The molecule has 0 bridgehead atoms. The molecule has 0 spiro atoms. The molecule has 0 radical (unpaired) electrons. The molecule has 1 aliphatic rings. The molecular weight excluding hydrogens is 478 g/mol. The summed E-state index contributed by atoms with van der Waals surface area (Å²) in [5.41, 5.74) is 4.71. The third-order valence-corrected chi connectivity index (χ3v) is 8.87. The number of ether oxygens (including phenoxy) is 2. The molecular formula is C36H53NO2. The van der Waals surface area contributed by atoms with Crippen LogP contribution < -0.4 is 9.47 Å². The highest BCUT2D eigenvalue weighted by Gasteiger charge is 2.35. The maximum Gasteiger partial charge on any atom is 0.141 e. The zero-order chi connectivity index (χ0) is 28.4. The zero-order valence-corrected chi connectivity index (χ0v) is 25.9. The first kappa shape index (κ1) is 31.1. The van der Waals surface area contributed by atoms with Crippen molar-refractivity contribution < 1.29 is 9.47 Å². The van der Waals surface area contributed by atoms with E-state index >= 15 is 0 Å². The summed E-state index contributed by atoms with van der Waals surface area (Å²) in [6, 6.07) is 12.6. The fraction of sp³-hybridized carbons (Fsp3) is 0.639. The van der Waals surface area contributed by atoms with Gasteiger partial charge in [0.1, 0.15) is 35.3 Å². The van der Waals surface area contributed by atoms with Gasteiger partial charge in [0.05, 0.1) is 0 Å². The number of benzene rings is 2. The second kappa shape index (κ2) is 14.8. The zero-order valence-electron chi connectivity index (χ0n) is 25.9. The van der Waals surface area contributed by atoms with Gasteiger partial charge in [0, 0.05) is 11.1 Å². The van der Waals surface area contributed by atoms with E-state index in [0.717, 1.165) is 70.8 Å². The fourth-order valence-corrected chi connectivity index (χ4v) is 6.18. The minimum atomic E-state index is -0.214. The topological polar surface area (TPSA) is 42.2 Å². The molecule has 0 aliphatic carbocycles.